The zero-order valence-corrected chi connectivity index (χ0v) is 12.0. The van der Waals surface area contributed by atoms with Crippen LogP contribution in [0.1, 0.15) is 31.2 Å². The fourth-order valence-corrected chi connectivity index (χ4v) is 2.73. The van der Waals surface area contributed by atoms with E-state index in [1.165, 1.54) is 12.1 Å². The summed E-state index contributed by atoms with van der Waals surface area (Å²) >= 11 is 17.1. The molecule has 0 unspecified atom stereocenters. The van der Waals surface area contributed by atoms with Crippen LogP contribution in [0.25, 0.3) is 0 Å². The number of unbranched alkanes of at least 4 members (excludes halogenated alkanes) is 1. The van der Waals surface area contributed by atoms with Gasteiger partial charge in [-0.25, -0.2) is 8.78 Å². The van der Waals surface area contributed by atoms with Crippen molar-refractivity contribution in [1.82, 2.24) is 0 Å². The molecular weight excluding hydrogens is 320 g/mol. The minimum Gasteiger partial charge on any atom is -0.481 e. The molecule has 19 heavy (non-hydrogen) atoms. The van der Waals surface area contributed by atoms with Crippen molar-refractivity contribution < 1.29 is 18.7 Å². The highest BCUT2D eigenvalue weighted by atomic mass is 35.5. The lowest BCUT2D eigenvalue weighted by Gasteiger charge is -2.19. The number of carbonyl (C=O) groups is 1. The molecule has 0 saturated heterocycles. The van der Waals surface area contributed by atoms with Crippen LogP contribution in [0, 0.1) is 0 Å². The number of carboxylic acid groups (broad SMARTS) is 1. The molecular formula is C12H11Cl3F2O2. The zero-order chi connectivity index (χ0) is 14.6. The molecule has 1 rings (SSSR count). The third-order valence-corrected chi connectivity index (χ3v) is 3.32. The van der Waals surface area contributed by atoms with Crippen LogP contribution >= 0.6 is 34.8 Å². The largest absolute Gasteiger partial charge is 0.481 e. The Morgan fingerprint density at radius 2 is 1.68 bits per heavy atom. The van der Waals surface area contributed by atoms with E-state index in [2.05, 4.69) is 0 Å². The summed E-state index contributed by atoms with van der Waals surface area (Å²) in [7, 11) is 0. The lowest BCUT2D eigenvalue weighted by molar-refractivity contribution is -0.137. The number of halogens is 5. The van der Waals surface area contributed by atoms with E-state index in [4.69, 9.17) is 39.9 Å². The van der Waals surface area contributed by atoms with Gasteiger partial charge in [-0.15, -0.1) is 0 Å². The van der Waals surface area contributed by atoms with Gasteiger partial charge in [0, 0.05) is 17.9 Å². The van der Waals surface area contributed by atoms with Crippen LogP contribution in [-0.4, -0.2) is 11.1 Å². The Bertz CT molecular complexity index is 455. The molecule has 0 saturated carbocycles. The van der Waals surface area contributed by atoms with Crippen LogP contribution in [0.2, 0.25) is 15.1 Å². The average molecular weight is 332 g/mol. The molecule has 0 amide bonds. The standard InChI is InChI=1S/C12H11Cl3F2O2/c13-7-5-8(14)11(9(15)6-7)12(16,17)4-2-1-3-10(18)19/h5-6H,1-4H2,(H,18,19). The molecule has 0 fully saturated rings. The molecule has 2 nitrogen and oxygen atoms in total. The Morgan fingerprint density at radius 1 is 1.16 bits per heavy atom. The summed E-state index contributed by atoms with van der Waals surface area (Å²) < 4.78 is 27.9. The van der Waals surface area contributed by atoms with Crippen LogP contribution in [-0.2, 0) is 10.7 Å². The summed E-state index contributed by atoms with van der Waals surface area (Å²) in [6.07, 6.45) is -0.415. The molecule has 1 N–H and O–H groups in total. The van der Waals surface area contributed by atoms with Gasteiger partial charge in [0.1, 0.15) is 0 Å². The number of aliphatic carboxylic acids is 1. The average Bonchev–Trinajstić information content (AvgIpc) is 2.22. The van der Waals surface area contributed by atoms with Crippen molar-refractivity contribution in [3.05, 3.63) is 32.8 Å². The maximum atomic E-state index is 14.0. The molecule has 0 spiro atoms. The third-order valence-electron chi connectivity index (χ3n) is 2.50. The molecule has 0 bridgehead atoms. The van der Waals surface area contributed by atoms with Crippen molar-refractivity contribution >= 4 is 40.8 Å². The lowest BCUT2D eigenvalue weighted by Crippen LogP contribution is -2.15. The number of hydrogen-bond acceptors (Lipinski definition) is 1. The Labute approximate surface area is 124 Å². The van der Waals surface area contributed by atoms with Crippen LogP contribution in [0.4, 0.5) is 8.78 Å². The van der Waals surface area contributed by atoms with Gasteiger partial charge in [0.25, 0.3) is 5.92 Å². The monoisotopic (exact) mass is 330 g/mol. The summed E-state index contributed by atoms with van der Waals surface area (Å²) in [6.45, 7) is 0. The molecule has 0 aliphatic carbocycles. The number of hydrogen-bond donors (Lipinski definition) is 1. The summed E-state index contributed by atoms with van der Waals surface area (Å²) in [6, 6.07) is 2.41. The van der Waals surface area contributed by atoms with E-state index in [-0.39, 0.29) is 34.3 Å². The molecule has 0 aliphatic heterocycles. The Kier molecular flexibility index (Phi) is 5.83. The topological polar surface area (TPSA) is 37.3 Å². The zero-order valence-electron chi connectivity index (χ0n) is 9.73. The second kappa shape index (κ2) is 6.73. The van der Waals surface area contributed by atoms with Gasteiger partial charge < -0.3 is 5.11 Å². The van der Waals surface area contributed by atoms with Gasteiger partial charge in [0.2, 0.25) is 0 Å². The van der Waals surface area contributed by atoms with Gasteiger partial charge in [0.05, 0.1) is 15.6 Å². The van der Waals surface area contributed by atoms with Gasteiger partial charge in [-0.2, -0.15) is 0 Å². The number of carboxylic acids is 1. The van der Waals surface area contributed by atoms with Crippen LogP contribution < -0.4 is 0 Å². The maximum Gasteiger partial charge on any atom is 0.303 e. The minimum atomic E-state index is -3.21. The van der Waals surface area contributed by atoms with Crippen molar-refractivity contribution in [1.29, 1.82) is 0 Å². The van der Waals surface area contributed by atoms with E-state index in [0.717, 1.165) is 0 Å². The van der Waals surface area contributed by atoms with Gasteiger partial charge >= 0.3 is 5.97 Å². The fraction of sp³-hybridized carbons (Fsp3) is 0.417. The molecule has 0 heterocycles. The van der Waals surface area contributed by atoms with E-state index in [9.17, 15) is 13.6 Å². The highest BCUT2D eigenvalue weighted by Gasteiger charge is 2.35. The Hall–Kier alpha value is -0.580. The Morgan fingerprint density at radius 3 is 2.16 bits per heavy atom. The van der Waals surface area contributed by atoms with E-state index < -0.39 is 23.9 Å². The van der Waals surface area contributed by atoms with Crippen molar-refractivity contribution in [3.8, 4) is 0 Å². The quantitative estimate of drug-likeness (QED) is 0.710. The first-order valence-corrected chi connectivity index (χ1v) is 6.62. The SMILES string of the molecule is O=C(O)CCCCC(F)(F)c1c(Cl)cc(Cl)cc1Cl. The summed E-state index contributed by atoms with van der Waals surface area (Å²) in [5.74, 6) is -4.22. The van der Waals surface area contributed by atoms with Crippen LogP contribution in [0.15, 0.2) is 12.1 Å². The number of benzene rings is 1. The van der Waals surface area contributed by atoms with E-state index >= 15 is 0 Å². The third kappa shape index (κ3) is 4.79. The van der Waals surface area contributed by atoms with Crippen molar-refractivity contribution in [2.45, 2.75) is 31.6 Å². The summed E-state index contributed by atoms with van der Waals surface area (Å²) in [5, 5.41) is 8.23. The molecule has 0 aliphatic rings. The predicted octanol–water partition coefficient (Wildman–Crippen LogP) is 5.38. The van der Waals surface area contributed by atoms with Crippen LogP contribution in [0.5, 0.6) is 0 Å². The van der Waals surface area contributed by atoms with Gasteiger partial charge in [-0.1, -0.05) is 34.8 Å². The first-order valence-electron chi connectivity index (χ1n) is 5.48. The van der Waals surface area contributed by atoms with Crippen molar-refractivity contribution in [3.63, 3.8) is 0 Å². The summed E-state index contributed by atoms with van der Waals surface area (Å²) in [5.41, 5.74) is -0.462. The molecule has 1 aromatic carbocycles. The normalized spacial score (nSPS) is 11.6. The van der Waals surface area contributed by atoms with E-state index in [1.54, 1.807) is 0 Å². The maximum absolute atomic E-state index is 14.0. The first-order chi connectivity index (χ1) is 8.74. The van der Waals surface area contributed by atoms with Crippen molar-refractivity contribution in [2.75, 3.05) is 0 Å². The second-order valence-corrected chi connectivity index (χ2v) is 5.30. The molecule has 7 heteroatoms. The molecule has 106 valence electrons. The van der Waals surface area contributed by atoms with Gasteiger partial charge in [-0.05, 0) is 25.0 Å². The Balaban J connectivity index is 2.79. The van der Waals surface area contributed by atoms with Crippen molar-refractivity contribution in [2.24, 2.45) is 0 Å². The highest BCUT2D eigenvalue weighted by Crippen LogP contribution is 2.43. The van der Waals surface area contributed by atoms with Gasteiger partial charge in [0.15, 0.2) is 0 Å². The molecule has 0 radical (unpaired) electrons. The number of rotatable bonds is 6. The first kappa shape index (κ1) is 16.5. The lowest BCUT2D eigenvalue weighted by atomic mass is 10.0. The number of alkyl halides is 2. The van der Waals surface area contributed by atoms with E-state index in [0.29, 0.717) is 0 Å². The molecule has 0 atom stereocenters. The predicted molar refractivity (Wildman–Crippen MR) is 71.5 cm³/mol. The van der Waals surface area contributed by atoms with E-state index in [1.807, 2.05) is 0 Å². The minimum absolute atomic E-state index is 0.0641. The molecule has 1 aromatic rings. The highest BCUT2D eigenvalue weighted by molar-refractivity contribution is 6.39. The second-order valence-electron chi connectivity index (χ2n) is 4.05. The van der Waals surface area contributed by atoms with Crippen LogP contribution in [0.3, 0.4) is 0 Å². The smallest absolute Gasteiger partial charge is 0.303 e. The molecule has 0 aromatic heterocycles. The van der Waals surface area contributed by atoms with Gasteiger partial charge in [-0.3, -0.25) is 4.79 Å². The fourth-order valence-electron chi connectivity index (χ4n) is 1.64. The summed E-state index contributed by atoms with van der Waals surface area (Å²) in [4.78, 5) is 10.3.